The first-order chi connectivity index (χ1) is 7.61. The third-order valence-corrected chi connectivity index (χ3v) is 2.59. The van der Waals surface area contributed by atoms with E-state index in [9.17, 15) is 4.79 Å². The van der Waals surface area contributed by atoms with Gasteiger partial charge in [0.25, 0.3) is 0 Å². The Kier molecular flexibility index (Phi) is 2.48. The predicted octanol–water partition coefficient (Wildman–Crippen LogP) is 1.54. The molecule has 0 amide bonds. The van der Waals surface area contributed by atoms with E-state index in [0.29, 0.717) is 17.1 Å². The average molecular weight is 215 g/mol. The third-order valence-electron chi connectivity index (χ3n) is 2.59. The first-order valence-corrected chi connectivity index (χ1v) is 4.98. The van der Waals surface area contributed by atoms with Gasteiger partial charge in [-0.3, -0.25) is 4.79 Å². The van der Waals surface area contributed by atoms with Crippen LogP contribution in [0.5, 0.6) is 0 Å². The van der Waals surface area contributed by atoms with Crippen LogP contribution in [0.25, 0.3) is 0 Å². The summed E-state index contributed by atoms with van der Waals surface area (Å²) in [6.45, 7) is 1.88. The van der Waals surface area contributed by atoms with Gasteiger partial charge in [0, 0.05) is 30.7 Å². The topological polar surface area (TPSA) is 60.9 Å². The van der Waals surface area contributed by atoms with Crippen LogP contribution in [-0.2, 0) is 7.05 Å². The van der Waals surface area contributed by atoms with Gasteiger partial charge in [0.05, 0.1) is 0 Å². The number of nitrogens with zero attached hydrogens (tertiary/aromatic N) is 2. The Morgan fingerprint density at radius 2 is 2.19 bits per heavy atom. The van der Waals surface area contributed by atoms with Crippen LogP contribution in [0, 0.1) is 6.92 Å². The third kappa shape index (κ3) is 1.58. The van der Waals surface area contributed by atoms with E-state index in [2.05, 4.69) is 4.98 Å². The molecule has 0 spiro atoms. The van der Waals surface area contributed by atoms with Gasteiger partial charge in [-0.15, -0.1) is 0 Å². The van der Waals surface area contributed by atoms with Gasteiger partial charge in [0.1, 0.15) is 0 Å². The smallest absolute Gasteiger partial charge is 0.230 e. The van der Waals surface area contributed by atoms with Crippen molar-refractivity contribution in [3.05, 3.63) is 47.5 Å². The lowest BCUT2D eigenvalue weighted by Gasteiger charge is -2.06. The van der Waals surface area contributed by atoms with E-state index in [1.54, 1.807) is 30.1 Å². The van der Waals surface area contributed by atoms with Crippen molar-refractivity contribution in [1.82, 2.24) is 9.55 Å². The molecule has 1 heterocycles. The first-order valence-electron chi connectivity index (χ1n) is 4.98. The van der Waals surface area contributed by atoms with Crippen molar-refractivity contribution in [3.8, 4) is 0 Å². The summed E-state index contributed by atoms with van der Waals surface area (Å²) in [6, 6.07) is 5.42. The molecule has 2 rings (SSSR count). The molecule has 1 aromatic heterocycles. The number of benzene rings is 1. The number of nitrogen functional groups attached to an aromatic ring is 1. The van der Waals surface area contributed by atoms with Crippen LogP contribution in [0.4, 0.5) is 5.69 Å². The zero-order valence-electron chi connectivity index (χ0n) is 9.27. The summed E-state index contributed by atoms with van der Waals surface area (Å²) in [5.41, 5.74) is 7.82. The zero-order chi connectivity index (χ0) is 11.7. The highest BCUT2D eigenvalue weighted by atomic mass is 16.1. The van der Waals surface area contributed by atoms with E-state index in [1.165, 1.54) is 0 Å². The molecule has 2 N–H and O–H groups in total. The van der Waals surface area contributed by atoms with Crippen LogP contribution in [0.3, 0.4) is 0 Å². The number of hydrogen-bond acceptors (Lipinski definition) is 3. The second kappa shape index (κ2) is 3.81. The van der Waals surface area contributed by atoms with Crippen molar-refractivity contribution in [2.45, 2.75) is 6.92 Å². The van der Waals surface area contributed by atoms with Gasteiger partial charge in [-0.05, 0) is 18.6 Å². The molecule has 0 radical (unpaired) electrons. The van der Waals surface area contributed by atoms with Crippen molar-refractivity contribution in [2.75, 3.05) is 5.73 Å². The summed E-state index contributed by atoms with van der Waals surface area (Å²) >= 11 is 0. The van der Waals surface area contributed by atoms with Crippen molar-refractivity contribution in [1.29, 1.82) is 0 Å². The van der Waals surface area contributed by atoms with E-state index in [4.69, 9.17) is 5.73 Å². The first kappa shape index (κ1) is 10.4. The molecule has 0 bridgehead atoms. The van der Waals surface area contributed by atoms with Gasteiger partial charge in [-0.2, -0.15) is 0 Å². The molecule has 0 unspecified atom stereocenters. The van der Waals surface area contributed by atoms with Crippen LogP contribution in [0.1, 0.15) is 21.7 Å². The lowest BCUT2D eigenvalue weighted by atomic mass is 10.0. The summed E-state index contributed by atoms with van der Waals surface area (Å²) in [7, 11) is 1.78. The SMILES string of the molecule is Cc1cccc(C(=O)c2nccn2C)c1N. The number of carbonyl (C=O) groups is 1. The monoisotopic (exact) mass is 215 g/mol. The molecule has 4 heteroatoms. The van der Waals surface area contributed by atoms with E-state index in [-0.39, 0.29) is 5.78 Å². The number of ketones is 1. The molecule has 0 aliphatic heterocycles. The maximum absolute atomic E-state index is 12.1. The summed E-state index contributed by atoms with van der Waals surface area (Å²) in [5, 5.41) is 0. The highest BCUT2D eigenvalue weighted by molar-refractivity contribution is 6.10. The Morgan fingerprint density at radius 3 is 2.81 bits per heavy atom. The van der Waals surface area contributed by atoms with Gasteiger partial charge in [0.2, 0.25) is 5.78 Å². The van der Waals surface area contributed by atoms with E-state index >= 15 is 0 Å². The van der Waals surface area contributed by atoms with E-state index in [0.717, 1.165) is 5.56 Å². The van der Waals surface area contributed by atoms with Gasteiger partial charge in [-0.1, -0.05) is 12.1 Å². The van der Waals surface area contributed by atoms with E-state index in [1.807, 2.05) is 19.1 Å². The molecule has 16 heavy (non-hydrogen) atoms. The molecule has 1 aromatic carbocycles. The Bertz CT molecular complexity index is 543. The largest absolute Gasteiger partial charge is 0.398 e. The summed E-state index contributed by atoms with van der Waals surface area (Å²) in [5.74, 6) is 0.256. The molecule has 2 aromatic rings. The summed E-state index contributed by atoms with van der Waals surface area (Å²) < 4.78 is 1.68. The van der Waals surface area contributed by atoms with Crippen LogP contribution in [0.2, 0.25) is 0 Å². The highest BCUT2D eigenvalue weighted by Crippen LogP contribution is 2.19. The van der Waals surface area contributed by atoms with Crippen molar-refractivity contribution in [2.24, 2.45) is 7.05 Å². The number of para-hydroxylation sites is 1. The predicted molar refractivity (Wildman–Crippen MR) is 62.2 cm³/mol. The molecule has 0 atom stereocenters. The number of nitrogens with two attached hydrogens (primary N) is 1. The van der Waals surface area contributed by atoms with Gasteiger partial charge in [0.15, 0.2) is 5.82 Å². The molecular formula is C12H13N3O. The standard InChI is InChI=1S/C12H13N3O/c1-8-4-3-5-9(10(8)13)11(16)12-14-6-7-15(12)2/h3-7H,13H2,1-2H3. The number of carbonyl (C=O) groups excluding carboxylic acids is 1. The molecule has 0 aliphatic rings. The zero-order valence-corrected chi connectivity index (χ0v) is 9.27. The number of rotatable bonds is 2. The van der Waals surface area contributed by atoms with Crippen LogP contribution < -0.4 is 5.73 Å². The molecule has 0 saturated heterocycles. The van der Waals surface area contributed by atoms with Crippen LogP contribution in [0.15, 0.2) is 30.6 Å². The maximum Gasteiger partial charge on any atom is 0.230 e. The van der Waals surface area contributed by atoms with Crippen molar-refractivity contribution >= 4 is 11.5 Å². The lowest BCUT2D eigenvalue weighted by molar-refractivity contribution is 0.102. The van der Waals surface area contributed by atoms with Crippen molar-refractivity contribution in [3.63, 3.8) is 0 Å². The van der Waals surface area contributed by atoms with Crippen LogP contribution in [-0.4, -0.2) is 15.3 Å². The quantitative estimate of drug-likeness (QED) is 0.610. The second-order valence-electron chi connectivity index (χ2n) is 3.73. The molecular weight excluding hydrogens is 202 g/mol. The minimum absolute atomic E-state index is 0.145. The van der Waals surface area contributed by atoms with Gasteiger partial charge >= 0.3 is 0 Å². The minimum atomic E-state index is -0.145. The number of aryl methyl sites for hydroxylation is 2. The number of hydrogen-bond donors (Lipinski definition) is 1. The minimum Gasteiger partial charge on any atom is -0.398 e. The summed E-state index contributed by atoms with van der Waals surface area (Å²) in [6.07, 6.45) is 3.33. The number of aromatic nitrogens is 2. The van der Waals surface area contributed by atoms with Gasteiger partial charge < -0.3 is 10.3 Å². The summed E-state index contributed by atoms with van der Waals surface area (Å²) in [4.78, 5) is 16.2. The molecule has 0 aliphatic carbocycles. The Morgan fingerprint density at radius 1 is 1.44 bits per heavy atom. The van der Waals surface area contributed by atoms with Gasteiger partial charge in [-0.25, -0.2) is 4.98 Å². The molecule has 4 nitrogen and oxygen atoms in total. The van der Waals surface area contributed by atoms with Crippen LogP contribution >= 0.6 is 0 Å². The fourth-order valence-electron chi connectivity index (χ4n) is 1.58. The second-order valence-corrected chi connectivity index (χ2v) is 3.73. The Labute approximate surface area is 93.7 Å². The Balaban J connectivity index is 2.50. The normalized spacial score (nSPS) is 10.4. The fraction of sp³-hybridized carbons (Fsp3) is 0.167. The molecule has 0 saturated carbocycles. The highest BCUT2D eigenvalue weighted by Gasteiger charge is 2.16. The fourth-order valence-corrected chi connectivity index (χ4v) is 1.58. The molecule has 0 fully saturated rings. The number of imidazole rings is 1. The average Bonchev–Trinajstić information content (AvgIpc) is 2.68. The number of anilines is 1. The Hall–Kier alpha value is -2.10. The van der Waals surface area contributed by atoms with Crippen molar-refractivity contribution < 1.29 is 4.79 Å². The maximum atomic E-state index is 12.1. The van der Waals surface area contributed by atoms with E-state index < -0.39 is 0 Å². The lowest BCUT2D eigenvalue weighted by Crippen LogP contribution is -2.11. The molecule has 82 valence electrons.